The van der Waals surface area contributed by atoms with Crippen LogP contribution < -0.4 is 10.1 Å². The molecule has 0 aliphatic carbocycles. The molecule has 0 aliphatic heterocycles. The fourth-order valence-electron chi connectivity index (χ4n) is 1.59. The van der Waals surface area contributed by atoms with Gasteiger partial charge in [0.1, 0.15) is 0 Å². The summed E-state index contributed by atoms with van der Waals surface area (Å²) in [5.41, 5.74) is 2.04. The zero-order valence-electron chi connectivity index (χ0n) is 10.0. The van der Waals surface area contributed by atoms with Gasteiger partial charge < -0.3 is 10.1 Å². The molecule has 0 bridgehead atoms. The molecule has 1 rings (SSSR count). The van der Waals surface area contributed by atoms with Crippen molar-refractivity contribution in [1.29, 1.82) is 0 Å². The third-order valence-corrected chi connectivity index (χ3v) is 2.35. The first-order valence-electron chi connectivity index (χ1n) is 5.44. The van der Waals surface area contributed by atoms with Crippen LogP contribution in [0.2, 0.25) is 0 Å². The molecule has 15 heavy (non-hydrogen) atoms. The molecule has 0 aliphatic rings. The number of pyridine rings is 1. The average molecular weight is 208 g/mol. The Bertz CT molecular complexity index is 312. The molecule has 3 nitrogen and oxygen atoms in total. The van der Waals surface area contributed by atoms with Crippen molar-refractivity contribution in [2.45, 2.75) is 39.7 Å². The van der Waals surface area contributed by atoms with E-state index in [1.165, 1.54) is 6.42 Å². The second-order valence-electron chi connectivity index (χ2n) is 3.86. The molecule has 1 unspecified atom stereocenters. The normalized spacial score (nSPS) is 12.3. The molecule has 1 heterocycles. The van der Waals surface area contributed by atoms with Crippen LogP contribution >= 0.6 is 0 Å². The highest BCUT2D eigenvalue weighted by molar-refractivity contribution is 5.56. The van der Waals surface area contributed by atoms with Gasteiger partial charge in [-0.15, -0.1) is 0 Å². The second-order valence-corrected chi connectivity index (χ2v) is 3.86. The van der Waals surface area contributed by atoms with Gasteiger partial charge in [-0.25, -0.2) is 0 Å². The lowest BCUT2D eigenvalue weighted by molar-refractivity contribution is 0.413. The van der Waals surface area contributed by atoms with Crippen molar-refractivity contribution in [2.75, 3.05) is 12.4 Å². The number of nitrogens with one attached hydrogen (secondary N) is 1. The molecule has 84 valence electrons. The SMILES string of the molecule is CCCC(C)Nc1cc(C)ncc1OC. The Morgan fingerprint density at radius 1 is 1.53 bits per heavy atom. The van der Waals surface area contributed by atoms with Crippen molar-refractivity contribution >= 4 is 5.69 Å². The molecule has 0 saturated carbocycles. The quantitative estimate of drug-likeness (QED) is 0.807. The molecule has 1 aromatic rings. The van der Waals surface area contributed by atoms with Crippen molar-refractivity contribution in [3.8, 4) is 5.75 Å². The maximum absolute atomic E-state index is 5.25. The van der Waals surface area contributed by atoms with E-state index in [9.17, 15) is 0 Å². The maximum atomic E-state index is 5.25. The molecule has 1 atom stereocenters. The van der Waals surface area contributed by atoms with Crippen molar-refractivity contribution in [3.63, 3.8) is 0 Å². The molecular weight excluding hydrogens is 188 g/mol. The van der Waals surface area contributed by atoms with Crippen molar-refractivity contribution in [1.82, 2.24) is 4.98 Å². The van der Waals surface area contributed by atoms with E-state index in [0.717, 1.165) is 23.6 Å². The summed E-state index contributed by atoms with van der Waals surface area (Å²) in [7, 11) is 1.67. The van der Waals surface area contributed by atoms with Crippen LogP contribution in [-0.4, -0.2) is 18.1 Å². The Kier molecular flexibility index (Phi) is 4.40. The van der Waals surface area contributed by atoms with E-state index in [2.05, 4.69) is 24.1 Å². The van der Waals surface area contributed by atoms with Gasteiger partial charge in [0.05, 0.1) is 19.0 Å². The van der Waals surface area contributed by atoms with Crippen LogP contribution in [0.15, 0.2) is 12.3 Å². The number of methoxy groups -OCH3 is 1. The van der Waals surface area contributed by atoms with E-state index in [1.54, 1.807) is 13.3 Å². The standard InChI is InChI=1S/C12H20N2O/c1-5-6-9(2)14-11-7-10(3)13-8-12(11)15-4/h7-9H,5-6H2,1-4H3,(H,13,14). The monoisotopic (exact) mass is 208 g/mol. The minimum Gasteiger partial charge on any atom is -0.493 e. The summed E-state index contributed by atoms with van der Waals surface area (Å²) in [6.07, 6.45) is 4.10. The summed E-state index contributed by atoms with van der Waals surface area (Å²) < 4.78 is 5.25. The number of rotatable bonds is 5. The predicted octanol–water partition coefficient (Wildman–Crippen LogP) is 3.00. The van der Waals surface area contributed by atoms with Crippen molar-refractivity contribution in [3.05, 3.63) is 18.0 Å². The minimum absolute atomic E-state index is 0.464. The Morgan fingerprint density at radius 2 is 2.27 bits per heavy atom. The zero-order valence-corrected chi connectivity index (χ0v) is 10.0. The molecule has 0 aromatic carbocycles. The van der Waals surface area contributed by atoms with E-state index in [1.807, 2.05) is 13.0 Å². The smallest absolute Gasteiger partial charge is 0.160 e. The van der Waals surface area contributed by atoms with Crippen LogP contribution in [0.3, 0.4) is 0 Å². The topological polar surface area (TPSA) is 34.2 Å². The van der Waals surface area contributed by atoms with Gasteiger partial charge in [-0.3, -0.25) is 4.98 Å². The Balaban J connectivity index is 2.77. The Morgan fingerprint density at radius 3 is 2.87 bits per heavy atom. The van der Waals surface area contributed by atoms with E-state index in [4.69, 9.17) is 4.74 Å². The molecule has 1 aromatic heterocycles. The number of hydrogen-bond donors (Lipinski definition) is 1. The lowest BCUT2D eigenvalue weighted by atomic mass is 10.2. The number of hydrogen-bond acceptors (Lipinski definition) is 3. The summed E-state index contributed by atoms with van der Waals surface area (Å²) in [5, 5.41) is 3.44. The summed E-state index contributed by atoms with van der Waals surface area (Å²) in [6, 6.07) is 2.48. The van der Waals surface area contributed by atoms with Crippen LogP contribution in [0.25, 0.3) is 0 Å². The third kappa shape index (κ3) is 3.42. The molecule has 0 fully saturated rings. The van der Waals surface area contributed by atoms with E-state index in [-0.39, 0.29) is 0 Å². The average Bonchev–Trinajstić information content (AvgIpc) is 2.18. The highest BCUT2D eigenvalue weighted by atomic mass is 16.5. The molecule has 0 saturated heterocycles. The molecule has 0 spiro atoms. The summed E-state index contributed by atoms with van der Waals surface area (Å²) in [6.45, 7) is 6.35. The number of aryl methyl sites for hydroxylation is 1. The lowest BCUT2D eigenvalue weighted by Gasteiger charge is -2.16. The third-order valence-electron chi connectivity index (χ3n) is 2.35. The van der Waals surface area contributed by atoms with Crippen LogP contribution in [0.5, 0.6) is 5.75 Å². The molecule has 3 heteroatoms. The summed E-state index contributed by atoms with van der Waals surface area (Å²) in [4.78, 5) is 4.20. The fraction of sp³-hybridized carbons (Fsp3) is 0.583. The highest BCUT2D eigenvalue weighted by Crippen LogP contribution is 2.24. The summed E-state index contributed by atoms with van der Waals surface area (Å²) >= 11 is 0. The van der Waals surface area contributed by atoms with Gasteiger partial charge in [-0.05, 0) is 26.3 Å². The first-order chi connectivity index (χ1) is 7.17. The molecular formula is C12H20N2O. The van der Waals surface area contributed by atoms with E-state index < -0.39 is 0 Å². The number of nitrogens with zero attached hydrogens (tertiary/aromatic N) is 1. The van der Waals surface area contributed by atoms with Gasteiger partial charge in [0.15, 0.2) is 5.75 Å². The highest BCUT2D eigenvalue weighted by Gasteiger charge is 2.06. The number of anilines is 1. The molecule has 0 amide bonds. The maximum Gasteiger partial charge on any atom is 0.160 e. The van der Waals surface area contributed by atoms with Gasteiger partial charge in [0.25, 0.3) is 0 Å². The van der Waals surface area contributed by atoms with Gasteiger partial charge in [-0.1, -0.05) is 13.3 Å². The van der Waals surface area contributed by atoms with E-state index in [0.29, 0.717) is 6.04 Å². The van der Waals surface area contributed by atoms with E-state index >= 15 is 0 Å². The minimum atomic E-state index is 0.464. The van der Waals surface area contributed by atoms with Gasteiger partial charge in [0, 0.05) is 11.7 Å². The molecule has 0 radical (unpaired) electrons. The Labute approximate surface area is 91.9 Å². The molecule has 1 N–H and O–H groups in total. The van der Waals surface area contributed by atoms with Crippen LogP contribution in [0.1, 0.15) is 32.4 Å². The lowest BCUT2D eigenvalue weighted by Crippen LogP contribution is -2.15. The van der Waals surface area contributed by atoms with Crippen molar-refractivity contribution in [2.24, 2.45) is 0 Å². The van der Waals surface area contributed by atoms with Crippen LogP contribution in [0, 0.1) is 6.92 Å². The van der Waals surface area contributed by atoms with Crippen molar-refractivity contribution < 1.29 is 4.74 Å². The summed E-state index contributed by atoms with van der Waals surface area (Å²) in [5.74, 6) is 0.809. The first-order valence-corrected chi connectivity index (χ1v) is 5.44. The zero-order chi connectivity index (χ0) is 11.3. The predicted molar refractivity (Wildman–Crippen MR) is 63.5 cm³/mol. The number of aromatic nitrogens is 1. The fourth-order valence-corrected chi connectivity index (χ4v) is 1.59. The van der Waals surface area contributed by atoms with Crippen LogP contribution in [0.4, 0.5) is 5.69 Å². The van der Waals surface area contributed by atoms with Gasteiger partial charge in [-0.2, -0.15) is 0 Å². The first kappa shape index (κ1) is 11.8. The van der Waals surface area contributed by atoms with Gasteiger partial charge in [0.2, 0.25) is 0 Å². The van der Waals surface area contributed by atoms with Crippen LogP contribution in [-0.2, 0) is 0 Å². The Hall–Kier alpha value is -1.25. The van der Waals surface area contributed by atoms with Gasteiger partial charge >= 0.3 is 0 Å². The second kappa shape index (κ2) is 5.59. The number of ether oxygens (including phenoxy) is 1. The largest absolute Gasteiger partial charge is 0.493 e.